The molecule has 0 atom stereocenters. The van der Waals surface area contributed by atoms with Gasteiger partial charge in [0.15, 0.2) is 0 Å². The number of nitrogens with one attached hydrogen (secondary N) is 1. The molecule has 1 fully saturated rings. The van der Waals surface area contributed by atoms with Crippen LogP contribution in [0.5, 0.6) is 0 Å². The third kappa shape index (κ3) is 4.85. The number of hydrogen-bond acceptors (Lipinski definition) is 2. The third-order valence-electron chi connectivity index (χ3n) is 5.82. The van der Waals surface area contributed by atoms with E-state index < -0.39 is 23.5 Å². The van der Waals surface area contributed by atoms with Crippen LogP contribution in [0.3, 0.4) is 0 Å². The summed E-state index contributed by atoms with van der Waals surface area (Å²) in [5, 5.41) is 3.13. The number of likely N-dealkylation sites (tertiary alicyclic amines) is 1. The lowest BCUT2D eigenvalue weighted by molar-refractivity contribution is -0.122. The molecule has 1 aliphatic heterocycles. The average molecular weight is 434 g/mol. The van der Waals surface area contributed by atoms with Crippen LogP contribution in [0.15, 0.2) is 78.9 Å². The van der Waals surface area contributed by atoms with Gasteiger partial charge < -0.3 is 10.2 Å². The summed E-state index contributed by atoms with van der Waals surface area (Å²) in [5.74, 6) is -2.55. The fourth-order valence-electron chi connectivity index (χ4n) is 4.13. The summed E-state index contributed by atoms with van der Waals surface area (Å²) in [6.45, 7) is 0.782. The molecule has 1 N–H and O–H groups in total. The van der Waals surface area contributed by atoms with E-state index in [1.807, 2.05) is 60.7 Å². The van der Waals surface area contributed by atoms with Gasteiger partial charge in [-0.15, -0.1) is 0 Å². The SMILES string of the molecule is O=C(NC1CCN(C(=O)c2ccc(F)cc2F)CC1)C(c1ccccc1)c1ccccc1. The molecular formula is C26H24F2N2O2. The molecule has 1 aliphatic rings. The summed E-state index contributed by atoms with van der Waals surface area (Å²) >= 11 is 0. The number of benzene rings is 3. The summed E-state index contributed by atoms with van der Waals surface area (Å²) < 4.78 is 27.1. The smallest absolute Gasteiger partial charge is 0.256 e. The monoisotopic (exact) mass is 434 g/mol. The summed E-state index contributed by atoms with van der Waals surface area (Å²) in [4.78, 5) is 27.4. The van der Waals surface area contributed by atoms with E-state index in [0.717, 1.165) is 17.2 Å². The van der Waals surface area contributed by atoms with Crippen LogP contribution in [-0.2, 0) is 4.79 Å². The number of nitrogens with zero attached hydrogens (tertiary/aromatic N) is 1. The maximum absolute atomic E-state index is 14.0. The third-order valence-corrected chi connectivity index (χ3v) is 5.82. The fraction of sp³-hybridized carbons (Fsp3) is 0.231. The van der Waals surface area contributed by atoms with Gasteiger partial charge in [-0.05, 0) is 36.1 Å². The molecule has 0 radical (unpaired) electrons. The second kappa shape index (κ2) is 9.73. The minimum absolute atomic E-state index is 0.0838. The zero-order valence-corrected chi connectivity index (χ0v) is 17.5. The molecule has 3 aromatic rings. The normalized spacial score (nSPS) is 14.4. The number of carbonyl (C=O) groups is 2. The minimum atomic E-state index is -0.862. The molecule has 0 saturated carbocycles. The van der Waals surface area contributed by atoms with Gasteiger partial charge in [0, 0.05) is 25.2 Å². The molecule has 4 nitrogen and oxygen atoms in total. The predicted octanol–water partition coefficient (Wildman–Crippen LogP) is 4.52. The maximum Gasteiger partial charge on any atom is 0.256 e. The molecule has 0 bridgehead atoms. The number of hydrogen-bond donors (Lipinski definition) is 1. The van der Waals surface area contributed by atoms with E-state index in [2.05, 4.69) is 5.32 Å². The zero-order valence-electron chi connectivity index (χ0n) is 17.5. The van der Waals surface area contributed by atoms with E-state index in [1.54, 1.807) is 4.90 Å². The quantitative estimate of drug-likeness (QED) is 0.642. The number of piperidine rings is 1. The van der Waals surface area contributed by atoms with E-state index in [-0.39, 0.29) is 17.5 Å². The second-order valence-corrected chi connectivity index (χ2v) is 7.95. The van der Waals surface area contributed by atoms with Gasteiger partial charge in [0.1, 0.15) is 11.6 Å². The number of rotatable bonds is 5. The minimum Gasteiger partial charge on any atom is -0.352 e. The van der Waals surface area contributed by atoms with Crippen LogP contribution in [0.25, 0.3) is 0 Å². The van der Waals surface area contributed by atoms with Crippen molar-refractivity contribution in [1.29, 1.82) is 0 Å². The molecule has 6 heteroatoms. The largest absolute Gasteiger partial charge is 0.352 e. The lowest BCUT2D eigenvalue weighted by Gasteiger charge is -2.33. The fourth-order valence-corrected chi connectivity index (χ4v) is 4.13. The van der Waals surface area contributed by atoms with Gasteiger partial charge in [-0.1, -0.05) is 60.7 Å². The van der Waals surface area contributed by atoms with Crippen molar-refractivity contribution in [3.05, 3.63) is 107 Å². The molecule has 0 aromatic heterocycles. The van der Waals surface area contributed by atoms with Gasteiger partial charge in [0.05, 0.1) is 11.5 Å². The van der Waals surface area contributed by atoms with Crippen LogP contribution in [0.4, 0.5) is 8.78 Å². The van der Waals surface area contributed by atoms with E-state index in [9.17, 15) is 18.4 Å². The number of amides is 2. The summed E-state index contributed by atoms with van der Waals surface area (Å²) in [7, 11) is 0. The van der Waals surface area contributed by atoms with Crippen molar-refractivity contribution >= 4 is 11.8 Å². The van der Waals surface area contributed by atoms with E-state index in [1.165, 1.54) is 6.07 Å². The Morgan fingerprint density at radius 2 is 1.41 bits per heavy atom. The molecular weight excluding hydrogens is 410 g/mol. The molecule has 0 unspecified atom stereocenters. The average Bonchev–Trinajstić information content (AvgIpc) is 2.81. The van der Waals surface area contributed by atoms with Gasteiger partial charge in [-0.3, -0.25) is 9.59 Å². The van der Waals surface area contributed by atoms with E-state index in [4.69, 9.17) is 0 Å². The first-order valence-corrected chi connectivity index (χ1v) is 10.7. The Morgan fingerprint density at radius 3 is 1.94 bits per heavy atom. The Hall–Kier alpha value is -3.54. The summed E-state index contributed by atoms with van der Waals surface area (Å²) in [6, 6.07) is 22.1. The molecule has 4 rings (SSSR count). The number of carbonyl (C=O) groups excluding carboxylic acids is 2. The molecule has 32 heavy (non-hydrogen) atoms. The van der Waals surface area contributed by atoms with Crippen molar-refractivity contribution in [2.24, 2.45) is 0 Å². The molecule has 1 heterocycles. The standard InChI is InChI=1S/C26H24F2N2O2/c27-20-11-12-22(23(28)17-20)26(32)30-15-13-21(14-16-30)29-25(31)24(18-7-3-1-4-8-18)19-9-5-2-6-10-19/h1-12,17,21,24H,13-16H2,(H,29,31). The Morgan fingerprint density at radius 1 is 0.844 bits per heavy atom. The molecule has 3 aromatic carbocycles. The van der Waals surface area contributed by atoms with Crippen molar-refractivity contribution in [3.8, 4) is 0 Å². The Kier molecular flexibility index (Phi) is 6.59. The van der Waals surface area contributed by atoms with Crippen molar-refractivity contribution in [2.45, 2.75) is 24.8 Å². The van der Waals surface area contributed by atoms with Crippen LogP contribution in [0, 0.1) is 11.6 Å². The highest BCUT2D eigenvalue weighted by Crippen LogP contribution is 2.26. The van der Waals surface area contributed by atoms with Crippen LogP contribution in [0.2, 0.25) is 0 Å². The summed E-state index contributed by atoms with van der Waals surface area (Å²) in [6.07, 6.45) is 1.13. The van der Waals surface area contributed by atoms with Gasteiger partial charge >= 0.3 is 0 Å². The van der Waals surface area contributed by atoms with Crippen LogP contribution in [0.1, 0.15) is 40.2 Å². The predicted molar refractivity (Wildman–Crippen MR) is 118 cm³/mol. The zero-order chi connectivity index (χ0) is 22.5. The number of halogens is 2. The highest BCUT2D eigenvalue weighted by molar-refractivity contribution is 5.94. The first kappa shape index (κ1) is 21.7. The van der Waals surface area contributed by atoms with Crippen LogP contribution < -0.4 is 5.32 Å². The lowest BCUT2D eigenvalue weighted by Crippen LogP contribution is -2.47. The molecule has 0 aliphatic carbocycles. The topological polar surface area (TPSA) is 49.4 Å². The molecule has 164 valence electrons. The van der Waals surface area contributed by atoms with Crippen molar-refractivity contribution < 1.29 is 18.4 Å². The van der Waals surface area contributed by atoms with Gasteiger partial charge in [-0.2, -0.15) is 0 Å². The lowest BCUT2D eigenvalue weighted by atomic mass is 9.90. The van der Waals surface area contributed by atoms with Gasteiger partial charge in [-0.25, -0.2) is 8.78 Å². The van der Waals surface area contributed by atoms with Crippen molar-refractivity contribution in [3.63, 3.8) is 0 Å². The Balaban J connectivity index is 1.41. The van der Waals surface area contributed by atoms with Crippen LogP contribution >= 0.6 is 0 Å². The Bertz CT molecular complexity index is 1040. The molecule has 0 spiro atoms. The Labute approximate surface area is 185 Å². The van der Waals surface area contributed by atoms with Crippen molar-refractivity contribution in [2.75, 3.05) is 13.1 Å². The molecule has 1 saturated heterocycles. The maximum atomic E-state index is 14.0. The first-order valence-electron chi connectivity index (χ1n) is 10.7. The first-order chi connectivity index (χ1) is 15.5. The second-order valence-electron chi connectivity index (χ2n) is 7.95. The van der Waals surface area contributed by atoms with E-state index >= 15 is 0 Å². The van der Waals surface area contributed by atoms with E-state index in [0.29, 0.717) is 32.0 Å². The highest BCUT2D eigenvalue weighted by Gasteiger charge is 2.29. The van der Waals surface area contributed by atoms with Crippen molar-refractivity contribution in [1.82, 2.24) is 10.2 Å². The molecule has 2 amide bonds. The summed E-state index contributed by atoms with van der Waals surface area (Å²) in [5.41, 5.74) is 1.69. The van der Waals surface area contributed by atoms with Crippen LogP contribution in [-0.4, -0.2) is 35.8 Å². The van der Waals surface area contributed by atoms with Gasteiger partial charge in [0.2, 0.25) is 5.91 Å². The highest BCUT2D eigenvalue weighted by atomic mass is 19.1. The van der Waals surface area contributed by atoms with Gasteiger partial charge in [0.25, 0.3) is 5.91 Å².